The van der Waals surface area contributed by atoms with Crippen molar-refractivity contribution in [2.24, 2.45) is 10.9 Å². The zero-order chi connectivity index (χ0) is 15.3. The highest BCUT2D eigenvalue weighted by atomic mass is 19.3. The summed E-state index contributed by atoms with van der Waals surface area (Å²) in [6.07, 6.45) is -1.79. The predicted molar refractivity (Wildman–Crippen MR) is 72.9 cm³/mol. The number of ether oxygens (including phenoxy) is 1. The first-order valence-electron chi connectivity index (χ1n) is 6.69. The van der Waals surface area contributed by atoms with Gasteiger partial charge in [-0.05, 0) is 27.2 Å². The number of alkyl halides is 2. The molecule has 0 bridgehead atoms. The van der Waals surface area contributed by atoms with Gasteiger partial charge in [-0.3, -0.25) is 9.79 Å². The third-order valence-corrected chi connectivity index (χ3v) is 2.85. The lowest BCUT2D eigenvalue weighted by atomic mass is 10.1. The van der Waals surface area contributed by atoms with Gasteiger partial charge in [0.15, 0.2) is 5.96 Å². The van der Waals surface area contributed by atoms with E-state index in [1.807, 2.05) is 20.8 Å². The predicted octanol–water partition coefficient (Wildman–Crippen LogP) is 1.49. The molecule has 0 aromatic carbocycles. The van der Waals surface area contributed by atoms with Gasteiger partial charge in [0, 0.05) is 20.1 Å². The number of likely N-dealkylation sites (tertiary alicyclic amines) is 1. The molecule has 0 aliphatic carbocycles. The number of guanidine groups is 1. The second-order valence-electron chi connectivity index (χ2n) is 5.78. The van der Waals surface area contributed by atoms with Crippen LogP contribution >= 0.6 is 0 Å². The van der Waals surface area contributed by atoms with Gasteiger partial charge in [0.05, 0.1) is 12.5 Å². The summed E-state index contributed by atoms with van der Waals surface area (Å²) in [5, 5.41) is 2.59. The minimum absolute atomic E-state index is 0.237. The maximum Gasteiger partial charge on any atom is 0.311 e. The van der Waals surface area contributed by atoms with Crippen molar-refractivity contribution < 1.29 is 18.3 Å². The summed E-state index contributed by atoms with van der Waals surface area (Å²) in [6.45, 7) is 6.06. The highest BCUT2D eigenvalue weighted by Crippen LogP contribution is 2.20. The summed E-state index contributed by atoms with van der Waals surface area (Å²) >= 11 is 0. The lowest BCUT2D eigenvalue weighted by Gasteiger charge is -2.23. The van der Waals surface area contributed by atoms with Gasteiger partial charge in [0.1, 0.15) is 5.60 Å². The van der Waals surface area contributed by atoms with Gasteiger partial charge in [0.2, 0.25) is 0 Å². The van der Waals surface area contributed by atoms with Crippen molar-refractivity contribution in [2.45, 2.75) is 39.2 Å². The van der Waals surface area contributed by atoms with Crippen molar-refractivity contribution >= 4 is 11.9 Å². The number of hydrogen-bond acceptors (Lipinski definition) is 3. The van der Waals surface area contributed by atoms with E-state index in [0.717, 1.165) is 0 Å². The summed E-state index contributed by atoms with van der Waals surface area (Å²) < 4.78 is 29.7. The minimum atomic E-state index is -2.43. The van der Waals surface area contributed by atoms with Crippen LogP contribution in [-0.2, 0) is 9.53 Å². The van der Waals surface area contributed by atoms with Gasteiger partial charge in [-0.25, -0.2) is 8.78 Å². The Hall–Kier alpha value is -1.40. The second kappa shape index (κ2) is 6.85. The molecule has 1 N–H and O–H groups in total. The number of carbonyl (C=O) groups excluding carboxylic acids is 1. The molecule has 1 saturated heterocycles. The van der Waals surface area contributed by atoms with Gasteiger partial charge < -0.3 is 15.0 Å². The fourth-order valence-corrected chi connectivity index (χ4v) is 2.03. The Morgan fingerprint density at radius 3 is 2.65 bits per heavy atom. The molecular weight excluding hydrogens is 268 g/mol. The number of nitrogens with zero attached hydrogens (tertiary/aromatic N) is 2. The minimum Gasteiger partial charge on any atom is -0.460 e. The molecule has 0 aromatic heterocycles. The molecule has 1 heterocycles. The first-order chi connectivity index (χ1) is 9.23. The normalized spacial score (nSPS) is 20.4. The van der Waals surface area contributed by atoms with Crippen LogP contribution in [-0.4, -0.2) is 55.5 Å². The van der Waals surface area contributed by atoms with Crippen molar-refractivity contribution in [3.63, 3.8) is 0 Å². The summed E-state index contributed by atoms with van der Waals surface area (Å²) in [6, 6.07) is 0. The van der Waals surface area contributed by atoms with Gasteiger partial charge in [-0.1, -0.05) is 0 Å². The molecule has 1 unspecified atom stereocenters. The number of halogens is 2. The Morgan fingerprint density at radius 1 is 1.50 bits per heavy atom. The number of esters is 1. The maximum absolute atomic E-state index is 12.2. The maximum atomic E-state index is 12.2. The Labute approximate surface area is 118 Å². The summed E-state index contributed by atoms with van der Waals surface area (Å²) in [5.41, 5.74) is -0.514. The number of rotatable bonds is 3. The standard InChI is InChI=1S/C13H23F2N3O2/c1-13(2,3)20-11(19)9-5-6-18(8-9)12(16-4)17-7-10(14)15/h9-10H,5-8H2,1-4H3,(H,16,17). The molecule has 116 valence electrons. The smallest absolute Gasteiger partial charge is 0.311 e. The van der Waals surface area contributed by atoms with Crippen LogP contribution in [0.15, 0.2) is 4.99 Å². The molecule has 7 heteroatoms. The highest BCUT2D eigenvalue weighted by Gasteiger charge is 2.33. The van der Waals surface area contributed by atoms with E-state index in [-0.39, 0.29) is 11.9 Å². The quantitative estimate of drug-likeness (QED) is 0.486. The van der Waals surface area contributed by atoms with Crippen LogP contribution in [0.4, 0.5) is 8.78 Å². The van der Waals surface area contributed by atoms with Crippen LogP contribution < -0.4 is 5.32 Å². The van der Waals surface area contributed by atoms with E-state index in [1.54, 1.807) is 4.90 Å². The molecule has 20 heavy (non-hydrogen) atoms. The summed E-state index contributed by atoms with van der Waals surface area (Å²) in [4.78, 5) is 17.7. The molecule has 1 aliphatic rings. The van der Waals surface area contributed by atoms with E-state index in [2.05, 4.69) is 10.3 Å². The molecule has 0 aromatic rings. The highest BCUT2D eigenvalue weighted by molar-refractivity contribution is 5.82. The first-order valence-corrected chi connectivity index (χ1v) is 6.69. The molecule has 1 atom stereocenters. The molecule has 5 nitrogen and oxygen atoms in total. The van der Waals surface area contributed by atoms with Gasteiger partial charge in [-0.15, -0.1) is 0 Å². The molecule has 1 rings (SSSR count). The number of hydrogen-bond donors (Lipinski definition) is 1. The molecule has 0 radical (unpaired) electrons. The Morgan fingerprint density at radius 2 is 2.15 bits per heavy atom. The average molecular weight is 291 g/mol. The lowest BCUT2D eigenvalue weighted by Crippen LogP contribution is -2.42. The molecule has 1 fully saturated rings. The van der Waals surface area contributed by atoms with Gasteiger partial charge in [-0.2, -0.15) is 0 Å². The van der Waals surface area contributed by atoms with Crippen molar-refractivity contribution in [2.75, 3.05) is 26.7 Å². The second-order valence-corrected chi connectivity index (χ2v) is 5.78. The Bertz CT molecular complexity index is 367. The summed E-state index contributed by atoms with van der Waals surface area (Å²) in [7, 11) is 1.54. The van der Waals surface area contributed by atoms with Crippen molar-refractivity contribution in [3.05, 3.63) is 0 Å². The molecule has 0 amide bonds. The van der Waals surface area contributed by atoms with Gasteiger partial charge >= 0.3 is 5.97 Å². The fourth-order valence-electron chi connectivity index (χ4n) is 2.03. The largest absolute Gasteiger partial charge is 0.460 e. The Kier molecular flexibility index (Phi) is 5.71. The van der Waals surface area contributed by atoms with Crippen LogP contribution in [0, 0.1) is 5.92 Å². The summed E-state index contributed by atoms with van der Waals surface area (Å²) in [5.74, 6) is -0.0833. The third-order valence-electron chi connectivity index (χ3n) is 2.85. The number of aliphatic imine (C=N–C) groups is 1. The van der Waals surface area contributed by atoms with E-state index in [0.29, 0.717) is 25.5 Å². The average Bonchev–Trinajstić information content (AvgIpc) is 2.76. The topological polar surface area (TPSA) is 53.9 Å². The first kappa shape index (κ1) is 16.7. The molecule has 1 aliphatic heterocycles. The lowest BCUT2D eigenvalue weighted by molar-refractivity contribution is -0.159. The SMILES string of the molecule is CN=C(NCC(F)F)N1CCC(C(=O)OC(C)(C)C)C1. The third kappa shape index (κ3) is 5.30. The number of carbonyl (C=O) groups is 1. The van der Waals surface area contributed by atoms with Crippen LogP contribution in [0.3, 0.4) is 0 Å². The van der Waals surface area contributed by atoms with Crippen molar-refractivity contribution in [1.29, 1.82) is 0 Å². The zero-order valence-electron chi connectivity index (χ0n) is 12.4. The number of nitrogens with one attached hydrogen (secondary N) is 1. The monoisotopic (exact) mass is 291 g/mol. The molecule has 0 spiro atoms. The van der Waals surface area contributed by atoms with E-state index >= 15 is 0 Å². The van der Waals surface area contributed by atoms with Crippen LogP contribution in [0.5, 0.6) is 0 Å². The van der Waals surface area contributed by atoms with Crippen LogP contribution in [0.2, 0.25) is 0 Å². The van der Waals surface area contributed by atoms with E-state index < -0.39 is 18.6 Å². The zero-order valence-corrected chi connectivity index (χ0v) is 12.4. The molecular formula is C13H23F2N3O2. The van der Waals surface area contributed by atoms with E-state index in [1.165, 1.54) is 7.05 Å². The fraction of sp³-hybridized carbons (Fsp3) is 0.846. The van der Waals surface area contributed by atoms with E-state index in [9.17, 15) is 13.6 Å². The van der Waals surface area contributed by atoms with Crippen LogP contribution in [0.25, 0.3) is 0 Å². The van der Waals surface area contributed by atoms with Crippen molar-refractivity contribution in [3.8, 4) is 0 Å². The van der Waals surface area contributed by atoms with Crippen molar-refractivity contribution in [1.82, 2.24) is 10.2 Å². The van der Waals surface area contributed by atoms with Gasteiger partial charge in [0.25, 0.3) is 6.43 Å². The molecule has 0 saturated carbocycles. The van der Waals surface area contributed by atoms with E-state index in [4.69, 9.17) is 4.74 Å². The van der Waals surface area contributed by atoms with Crippen LogP contribution in [0.1, 0.15) is 27.2 Å². The Balaban J connectivity index is 2.51.